The molecule has 1 heterocycles. The minimum Gasteiger partial charge on any atom is -0.507 e. The third-order valence-corrected chi connectivity index (χ3v) is 4.22. The quantitative estimate of drug-likeness (QED) is 0.551. The van der Waals surface area contributed by atoms with E-state index in [9.17, 15) is 15.0 Å². The molecule has 2 N–H and O–H groups in total. The van der Waals surface area contributed by atoms with Gasteiger partial charge in [-0.1, -0.05) is 11.6 Å². The van der Waals surface area contributed by atoms with Crippen molar-refractivity contribution in [1.82, 2.24) is 0 Å². The number of fused-ring (bicyclic) bond motifs is 3. The Balaban J connectivity index is 2.68. The number of hydrogen-bond donors (Lipinski definition) is 2. The maximum Gasteiger partial charge on any atom is 0.348 e. The first-order chi connectivity index (χ1) is 10.9. The Labute approximate surface area is 135 Å². The molecule has 0 aliphatic rings. The average molecular weight is 337 g/mol. The highest BCUT2D eigenvalue weighted by Crippen LogP contribution is 2.46. The molecule has 0 atom stereocenters. The van der Waals surface area contributed by atoms with Crippen molar-refractivity contribution in [2.24, 2.45) is 0 Å². The number of phenols is 2. The molecule has 0 bridgehead atoms. The lowest BCUT2D eigenvalue weighted by atomic mass is 10.0. The second-order valence-corrected chi connectivity index (χ2v) is 5.36. The fourth-order valence-electron chi connectivity index (χ4n) is 2.66. The summed E-state index contributed by atoms with van der Waals surface area (Å²) in [5.41, 5.74) is -0.307. The minimum atomic E-state index is -0.785. The van der Waals surface area contributed by atoms with Gasteiger partial charge in [-0.3, -0.25) is 0 Å². The van der Waals surface area contributed by atoms with Crippen molar-refractivity contribution in [3.05, 3.63) is 33.1 Å². The molecule has 0 saturated heterocycles. The molecule has 0 fully saturated rings. The van der Waals surface area contributed by atoms with Crippen molar-refractivity contribution in [2.75, 3.05) is 14.2 Å². The Hall–Kier alpha value is -2.60. The number of hydrogen-bond acceptors (Lipinski definition) is 6. The summed E-state index contributed by atoms with van der Waals surface area (Å²) in [6.45, 7) is 1.70. The van der Waals surface area contributed by atoms with Gasteiger partial charge < -0.3 is 24.1 Å². The molecule has 120 valence electrons. The highest BCUT2D eigenvalue weighted by atomic mass is 35.5. The second-order valence-electron chi connectivity index (χ2n) is 4.98. The van der Waals surface area contributed by atoms with Crippen molar-refractivity contribution in [1.29, 1.82) is 0 Å². The SMILES string of the molecule is COc1cc(O)c2c(=O)oc3c(O)c(OC)c(Cl)c(C)c3c2c1. The minimum absolute atomic E-state index is 0.0120. The highest BCUT2D eigenvalue weighted by molar-refractivity contribution is 6.35. The molecule has 0 radical (unpaired) electrons. The second kappa shape index (κ2) is 5.24. The summed E-state index contributed by atoms with van der Waals surface area (Å²) in [6, 6.07) is 2.88. The number of phenolic OH excluding ortho intramolecular Hbond substituents is 2. The summed E-state index contributed by atoms with van der Waals surface area (Å²) in [5, 5.41) is 21.3. The van der Waals surface area contributed by atoms with Crippen molar-refractivity contribution in [3.8, 4) is 23.0 Å². The van der Waals surface area contributed by atoms with E-state index in [0.29, 0.717) is 22.1 Å². The monoisotopic (exact) mass is 336 g/mol. The van der Waals surface area contributed by atoms with Gasteiger partial charge in [0.1, 0.15) is 16.9 Å². The van der Waals surface area contributed by atoms with Crippen molar-refractivity contribution < 1.29 is 24.1 Å². The number of methoxy groups -OCH3 is 2. The van der Waals surface area contributed by atoms with Crippen LogP contribution in [-0.4, -0.2) is 24.4 Å². The predicted octanol–water partition coefficient (Wildman–Crippen LogP) is 3.34. The van der Waals surface area contributed by atoms with Crippen LogP contribution in [0, 0.1) is 6.92 Å². The largest absolute Gasteiger partial charge is 0.507 e. The summed E-state index contributed by atoms with van der Waals surface area (Å²) in [5.74, 6) is -0.278. The molecule has 7 heteroatoms. The molecule has 2 aromatic carbocycles. The van der Waals surface area contributed by atoms with Crippen LogP contribution in [0.1, 0.15) is 5.56 Å². The number of halogens is 1. The first kappa shape index (κ1) is 15.3. The van der Waals surface area contributed by atoms with Crippen LogP contribution >= 0.6 is 11.6 Å². The van der Waals surface area contributed by atoms with Gasteiger partial charge in [-0.2, -0.15) is 0 Å². The van der Waals surface area contributed by atoms with Crippen LogP contribution in [0.5, 0.6) is 23.0 Å². The van der Waals surface area contributed by atoms with E-state index in [4.69, 9.17) is 25.5 Å². The Morgan fingerprint density at radius 2 is 1.83 bits per heavy atom. The van der Waals surface area contributed by atoms with Gasteiger partial charge >= 0.3 is 5.63 Å². The van der Waals surface area contributed by atoms with Crippen molar-refractivity contribution in [2.45, 2.75) is 6.92 Å². The summed E-state index contributed by atoms with van der Waals surface area (Å²) in [7, 11) is 2.79. The van der Waals surface area contributed by atoms with Gasteiger partial charge in [0.15, 0.2) is 11.3 Å². The molecule has 3 rings (SSSR count). The Bertz CT molecular complexity index is 1010. The fraction of sp³-hybridized carbons (Fsp3) is 0.188. The highest BCUT2D eigenvalue weighted by Gasteiger charge is 2.23. The van der Waals surface area contributed by atoms with E-state index in [1.165, 1.54) is 20.3 Å². The average Bonchev–Trinajstić information content (AvgIpc) is 2.52. The molecule has 3 aromatic rings. The van der Waals surface area contributed by atoms with Crippen LogP contribution < -0.4 is 15.1 Å². The van der Waals surface area contributed by atoms with Crippen molar-refractivity contribution in [3.63, 3.8) is 0 Å². The number of ether oxygens (including phenoxy) is 2. The fourth-order valence-corrected chi connectivity index (χ4v) is 2.92. The normalized spacial score (nSPS) is 11.1. The molecule has 23 heavy (non-hydrogen) atoms. The van der Waals surface area contributed by atoms with Crippen LogP contribution in [0.4, 0.5) is 0 Å². The zero-order valence-corrected chi connectivity index (χ0v) is 13.3. The lowest BCUT2D eigenvalue weighted by molar-refractivity contribution is 0.370. The Morgan fingerprint density at radius 1 is 1.13 bits per heavy atom. The van der Waals surface area contributed by atoms with Gasteiger partial charge in [0, 0.05) is 16.8 Å². The summed E-state index contributed by atoms with van der Waals surface area (Å²) >= 11 is 6.23. The van der Waals surface area contributed by atoms with E-state index in [1.54, 1.807) is 13.0 Å². The maximum absolute atomic E-state index is 12.2. The van der Waals surface area contributed by atoms with E-state index in [-0.39, 0.29) is 33.2 Å². The molecule has 0 spiro atoms. The van der Waals surface area contributed by atoms with Crippen LogP contribution in [0.2, 0.25) is 5.02 Å². The van der Waals surface area contributed by atoms with Gasteiger partial charge in [-0.25, -0.2) is 4.79 Å². The van der Waals surface area contributed by atoms with E-state index in [0.717, 1.165) is 0 Å². The zero-order chi connectivity index (χ0) is 16.9. The van der Waals surface area contributed by atoms with Gasteiger partial charge in [0.2, 0.25) is 5.75 Å². The van der Waals surface area contributed by atoms with Crippen LogP contribution in [0.3, 0.4) is 0 Å². The lowest BCUT2D eigenvalue weighted by Crippen LogP contribution is -2.02. The lowest BCUT2D eigenvalue weighted by Gasteiger charge is -2.14. The molecule has 6 nitrogen and oxygen atoms in total. The van der Waals surface area contributed by atoms with Crippen LogP contribution in [-0.2, 0) is 0 Å². The number of aromatic hydroxyl groups is 2. The van der Waals surface area contributed by atoms with Gasteiger partial charge in [-0.05, 0) is 18.6 Å². The molecule has 0 aliphatic heterocycles. The number of benzene rings is 2. The third kappa shape index (κ3) is 2.06. The molecule has 0 saturated carbocycles. The molecule has 1 aromatic heterocycles. The summed E-state index contributed by atoms with van der Waals surface area (Å²) in [4.78, 5) is 12.2. The van der Waals surface area contributed by atoms with Gasteiger partial charge in [0.25, 0.3) is 0 Å². The smallest absolute Gasteiger partial charge is 0.348 e. The van der Waals surface area contributed by atoms with E-state index in [2.05, 4.69) is 0 Å². The standard InChI is InChI=1S/C16H13ClO6/c1-6-10-8-4-7(21-2)5-9(18)11(8)16(20)23-14(10)13(19)15(22-3)12(6)17/h4-5,18-19H,1-3H3. The third-order valence-electron chi connectivity index (χ3n) is 3.76. The summed E-state index contributed by atoms with van der Waals surface area (Å²) < 4.78 is 15.4. The Kier molecular flexibility index (Phi) is 3.49. The number of rotatable bonds is 2. The van der Waals surface area contributed by atoms with E-state index >= 15 is 0 Å². The first-order valence-corrected chi connectivity index (χ1v) is 7.01. The maximum atomic E-state index is 12.2. The molecule has 0 unspecified atom stereocenters. The van der Waals surface area contributed by atoms with E-state index in [1.807, 2.05) is 0 Å². The molecular weight excluding hydrogens is 324 g/mol. The predicted molar refractivity (Wildman–Crippen MR) is 86.2 cm³/mol. The molecule has 0 aliphatic carbocycles. The van der Waals surface area contributed by atoms with Crippen LogP contribution in [0.25, 0.3) is 21.7 Å². The van der Waals surface area contributed by atoms with Gasteiger partial charge in [0.05, 0.1) is 19.2 Å². The molecule has 0 amide bonds. The van der Waals surface area contributed by atoms with Crippen molar-refractivity contribution >= 4 is 33.3 Å². The van der Waals surface area contributed by atoms with Gasteiger partial charge in [-0.15, -0.1) is 0 Å². The first-order valence-electron chi connectivity index (χ1n) is 6.63. The topological polar surface area (TPSA) is 89.1 Å². The summed E-state index contributed by atoms with van der Waals surface area (Å²) in [6.07, 6.45) is 0. The van der Waals surface area contributed by atoms with Crippen LogP contribution in [0.15, 0.2) is 21.3 Å². The zero-order valence-electron chi connectivity index (χ0n) is 12.6. The van der Waals surface area contributed by atoms with E-state index < -0.39 is 5.63 Å². The molecular formula is C16H13ClO6. The number of aryl methyl sites for hydroxylation is 1. The Morgan fingerprint density at radius 3 is 2.43 bits per heavy atom.